The Morgan fingerprint density at radius 3 is 2.32 bits per heavy atom. The maximum atomic E-state index is 13.1. The molecule has 0 saturated heterocycles. The van der Waals surface area contributed by atoms with Crippen molar-refractivity contribution in [3.63, 3.8) is 0 Å². The van der Waals surface area contributed by atoms with Crippen molar-refractivity contribution in [2.75, 3.05) is 0 Å². The van der Waals surface area contributed by atoms with E-state index in [1.165, 1.54) is 4.68 Å². The van der Waals surface area contributed by atoms with Crippen LogP contribution < -0.4 is 4.72 Å². The van der Waals surface area contributed by atoms with Crippen LogP contribution >= 0.6 is 11.6 Å². The zero-order chi connectivity index (χ0) is 18.2. The molecular weight excluding hydrogens is 366 g/mol. The molecule has 0 amide bonds. The van der Waals surface area contributed by atoms with Crippen molar-refractivity contribution in [2.24, 2.45) is 7.05 Å². The zero-order valence-corrected chi connectivity index (χ0v) is 16.1. The minimum absolute atomic E-state index is 0.000468. The van der Waals surface area contributed by atoms with Gasteiger partial charge >= 0.3 is 0 Å². The molecule has 2 heterocycles. The highest BCUT2D eigenvalue weighted by molar-refractivity contribution is 7.89. The lowest BCUT2D eigenvalue weighted by Gasteiger charge is -2.30. The van der Waals surface area contributed by atoms with Gasteiger partial charge in [-0.1, -0.05) is 42.4 Å². The molecule has 0 aliphatic heterocycles. The Morgan fingerprint density at radius 1 is 1.20 bits per heavy atom. The van der Waals surface area contributed by atoms with Gasteiger partial charge in [0.2, 0.25) is 15.9 Å². The molecule has 0 aromatic carbocycles. The van der Waals surface area contributed by atoms with Gasteiger partial charge in [0, 0.05) is 14.0 Å². The molecule has 1 saturated carbocycles. The van der Waals surface area contributed by atoms with Crippen LogP contribution in [-0.4, -0.2) is 28.3 Å². The van der Waals surface area contributed by atoms with Gasteiger partial charge in [0.25, 0.3) is 0 Å². The topological polar surface area (TPSA) is 103 Å². The summed E-state index contributed by atoms with van der Waals surface area (Å²) in [7, 11) is -2.29. The van der Waals surface area contributed by atoms with Gasteiger partial charge in [-0.15, -0.1) is 0 Å². The second-order valence-electron chi connectivity index (χ2n) is 6.57. The third kappa shape index (κ3) is 3.45. The summed E-state index contributed by atoms with van der Waals surface area (Å²) in [5.74, 6) is 0.793. The molecule has 0 atom stereocenters. The van der Waals surface area contributed by atoms with Gasteiger partial charge in [-0.05, 0) is 19.8 Å². The summed E-state index contributed by atoms with van der Waals surface area (Å²) in [5.41, 5.74) is -0.535. The number of hydrogen-bond donors (Lipinski definition) is 1. The average molecular weight is 388 g/mol. The van der Waals surface area contributed by atoms with Crippen molar-refractivity contribution in [2.45, 2.75) is 62.8 Å². The van der Waals surface area contributed by atoms with E-state index in [4.69, 9.17) is 16.1 Å². The average Bonchev–Trinajstić information content (AvgIpc) is 2.96. The number of sulfonamides is 1. The first-order valence-electron chi connectivity index (χ1n) is 8.29. The Kier molecular flexibility index (Phi) is 4.91. The smallest absolute Gasteiger partial charge is 0.246 e. The Labute approximate surface area is 152 Å². The second-order valence-corrected chi connectivity index (χ2v) is 8.55. The van der Waals surface area contributed by atoms with Gasteiger partial charge in [0.1, 0.15) is 10.0 Å². The van der Waals surface area contributed by atoms with Crippen LogP contribution in [0.15, 0.2) is 9.42 Å². The monoisotopic (exact) mass is 387 g/mol. The highest BCUT2D eigenvalue weighted by Crippen LogP contribution is 2.37. The fourth-order valence-electron chi connectivity index (χ4n) is 3.42. The highest BCUT2D eigenvalue weighted by Gasteiger charge is 2.42. The maximum absolute atomic E-state index is 13.1. The van der Waals surface area contributed by atoms with E-state index in [-0.39, 0.29) is 10.0 Å². The molecule has 0 bridgehead atoms. The molecule has 3 rings (SSSR count). The van der Waals surface area contributed by atoms with Crippen LogP contribution in [0.5, 0.6) is 0 Å². The fourth-order valence-corrected chi connectivity index (χ4v) is 5.60. The molecule has 0 radical (unpaired) electrons. The van der Waals surface area contributed by atoms with E-state index in [2.05, 4.69) is 20.0 Å². The zero-order valence-electron chi connectivity index (χ0n) is 14.5. The number of aryl methyl sites for hydroxylation is 3. The summed E-state index contributed by atoms with van der Waals surface area (Å²) in [6.07, 6.45) is 5.09. The highest BCUT2D eigenvalue weighted by atomic mass is 35.5. The van der Waals surface area contributed by atoms with Crippen LogP contribution in [0.3, 0.4) is 0 Å². The predicted molar refractivity (Wildman–Crippen MR) is 91.7 cm³/mol. The van der Waals surface area contributed by atoms with Crippen LogP contribution in [-0.2, 0) is 22.6 Å². The van der Waals surface area contributed by atoms with Crippen LogP contribution in [0, 0.1) is 13.8 Å². The van der Waals surface area contributed by atoms with Crippen molar-refractivity contribution in [1.82, 2.24) is 24.6 Å². The third-order valence-corrected chi connectivity index (χ3v) is 6.84. The molecule has 1 N–H and O–H groups in total. The standard InChI is InChI=1S/C15H22ClN5O3S/c1-10-12(13(16)21(3)18-10)25(22,23)20-15(8-6-4-5-7-9-15)14-17-11(2)24-19-14/h20H,4-9H2,1-3H3. The van der Waals surface area contributed by atoms with E-state index in [1.807, 2.05) is 0 Å². The first-order chi connectivity index (χ1) is 11.8. The summed E-state index contributed by atoms with van der Waals surface area (Å²) in [4.78, 5) is 4.32. The van der Waals surface area contributed by atoms with Crippen molar-refractivity contribution in [3.05, 3.63) is 22.6 Å². The van der Waals surface area contributed by atoms with E-state index in [1.54, 1.807) is 20.9 Å². The Morgan fingerprint density at radius 2 is 1.84 bits per heavy atom. The third-order valence-electron chi connectivity index (χ3n) is 4.61. The molecule has 25 heavy (non-hydrogen) atoms. The maximum Gasteiger partial charge on any atom is 0.246 e. The van der Waals surface area contributed by atoms with Gasteiger partial charge < -0.3 is 4.52 Å². The van der Waals surface area contributed by atoms with E-state index in [0.717, 1.165) is 25.7 Å². The largest absolute Gasteiger partial charge is 0.340 e. The Bertz CT molecular complexity index is 866. The number of nitrogens with zero attached hydrogens (tertiary/aromatic N) is 4. The summed E-state index contributed by atoms with van der Waals surface area (Å²) >= 11 is 6.18. The van der Waals surface area contributed by atoms with Gasteiger partial charge in [-0.2, -0.15) is 14.8 Å². The van der Waals surface area contributed by atoms with Gasteiger partial charge in [-0.3, -0.25) is 4.68 Å². The lowest BCUT2D eigenvalue weighted by Crippen LogP contribution is -2.46. The summed E-state index contributed by atoms with van der Waals surface area (Å²) < 4.78 is 35.5. The minimum atomic E-state index is -3.90. The number of rotatable bonds is 4. The lowest BCUT2D eigenvalue weighted by atomic mass is 9.91. The lowest BCUT2D eigenvalue weighted by molar-refractivity contribution is 0.301. The number of halogens is 1. The van der Waals surface area contributed by atoms with Gasteiger partial charge in [0.15, 0.2) is 5.82 Å². The van der Waals surface area contributed by atoms with Crippen LogP contribution in [0.2, 0.25) is 5.15 Å². The normalized spacial score (nSPS) is 18.2. The van der Waals surface area contributed by atoms with Crippen LogP contribution in [0.4, 0.5) is 0 Å². The molecule has 8 nitrogen and oxygen atoms in total. The molecule has 1 aliphatic rings. The molecule has 1 aliphatic carbocycles. The van der Waals surface area contributed by atoms with Gasteiger partial charge in [0.05, 0.1) is 11.2 Å². The SMILES string of the molecule is Cc1nc(C2(NS(=O)(=O)c3c(C)nn(C)c3Cl)CCCCCC2)no1. The van der Waals surface area contributed by atoms with E-state index in [0.29, 0.717) is 30.3 Å². The fraction of sp³-hybridized carbons (Fsp3) is 0.667. The number of hydrogen-bond acceptors (Lipinski definition) is 6. The first-order valence-corrected chi connectivity index (χ1v) is 10.2. The number of nitrogens with one attached hydrogen (secondary N) is 1. The molecule has 0 spiro atoms. The summed E-state index contributed by atoms with van der Waals surface area (Å²) in [6, 6.07) is 0. The van der Waals surface area contributed by atoms with E-state index < -0.39 is 15.6 Å². The van der Waals surface area contributed by atoms with Crippen molar-refractivity contribution >= 4 is 21.6 Å². The van der Waals surface area contributed by atoms with Crippen molar-refractivity contribution in [1.29, 1.82) is 0 Å². The Hall–Kier alpha value is -1.45. The quantitative estimate of drug-likeness (QED) is 0.809. The van der Waals surface area contributed by atoms with E-state index >= 15 is 0 Å². The van der Waals surface area contributed by atoms with Crippen molar-refractivity contribution < 1.29 is 12.9 Å². The van der Waals surface area contributed by atoms with Crippen LogP contribution in [0.1, 0.15) is 55.9 Å². The first kappa shape index (κ1) is 18.3. The second kappa shape index (κ2) is 6.69. The minimum Gasteiger partial charge on any atom is -0.340 e. The molecule has 10 heteroatoms. The Balaban J connectivity index is 2.05. The predicted octanol–water partition coefficient (Wildman–Crippen LogP) is 2.60. The summed E-state index contributed by atoms with van der Waals surface area (Å²) in [6.45, 7) is 3.32. The molecule has 0 unspecified atom stereocenters. The molecule has 1 fully saturated rings. The van der Waals surface area contributed by atoms with Crippen molar-refractivity contribution in [3.8, 4) is 0 Å². The molecule has 2 aromatic rings. The summed E-state index contributed by atoms with van der Waals surface area (Å²) in [5, 5.41) is 8.20. The molecule has 138 valence electrons. The van der Waals surface area contributed by atoms with E-state index in [9.17, 15) is 8.42 Å². The van der Waals surface area contributed by atoms with Gasteiger partial charge in [-0.25, -0.2) is 8.42 Å². The molecular formula is C15H22ClN5O3S. The van der Waals surface area contributed by atoms with Crippen LogP contribution in [0.25, 0.3) is 0 Å². The number of aromatic nitrogens is 4. The molecule has 2 aromatic heterocycles.